The molecule has 0 aliphatic rings. The van der Waals surface area contributed by atoms with Gasteiger partial charge in [0.2, 0.25) is 0 Å². The number of benzene rings is 7. The summed E-state index contributed by atoms with van der Waals surface area (Å²) in [6.07, 6.45) is 0. The molecule has 2 nitrogen and oxygen atoms in total. The van der Waals surface area contributed by atoms with Crippen molar-refractivity contribution in [2.45, 2.75) is 26.3 Å². The van der Waals surface area contributed by atoms with Gasteiger partial charge in [0.05, 0.1) is 5.52 Å². The number of aromatic nitrogens is 1. The van der Waals surface area contributed by atoms with Crippen LogP contribution in [0.5, 0.6) is 0 Å². The van der Waals surface area contributed by atoms with Gasteiger partial charge in [0.25, 0.3) is 0 Å². The monoisotopic (exact) mass is 622 g/mol. The second kappa shape index (κ2) is 10.6. The Morgan fingerprint density at radius 3 is 1.89 bits per heavy atom. The first-order valence-corrected chi connectivity index (χ1v) is 17.1. The Kier molecular flexibility index (Phi) is 6.28. The van der Waals surface area contributed by atoms with Crippen molar-refractivity contribution < 1.29 is 0 Å². The molecule has 0 radical (unpaired) electrons. The topological polar surface area (TPSA) is 8.17 Å². The minimum absolute atomic E-state index is 0.0930. The average molecular weight is 623 g/mol. The lowest BCUT2D eigenvalue weighted by Gasteiger charge is -2.28. The number of thiophene rings is 1. The molecular formula is C44H34N2S. The van der Waals surface area contributed by atoms with Gasteiger partial charge >= 0.3 is 0 Å². The van der Waals surface area contributed by atoms with E-state index in [0.29, 0.717) is 0 Å². The van der Waals surface area contributed by atoms with Crippen LogP contribution in [0.3, 0.4) is 0 Å². The zero-order valence-electron chi connectivity index (χ0n) is 26.7. The van der Waals surface area contributed by atoms with E-state index in [0.717, 1.165) is 17.1 Å². The number of hydrogen-bond acceptors (Lipinski definition) is 2. The number of anilines is 3. The zero-order valence-corrected chi connectivity index (χ0v) is 27.6. The van der Waals surface area contributed by atoms with E-state index < -0.39 is 0 Å². The molecular weight excluding hydrogens is 589 g/mol. The molecule has 0 aliphatic heterocycles. The molecule has 0 saturated heterocycles. The summed E-state index contributed by atoms with van der Waals surface area (Å²) in [6, 6.07) is 55.8. The first kappa shape index (κ1) is 27.9. The van der Waals surface area contributed by atoms with Crippen molar-refractivity contribution in [2.24, 2.45) is 0 Å². The van der Waals surface area contributed by atoms with E-state index in [1.165, 1.54) is 63.9 Å². The maximum atomic E-state index is 2.50. The molecule has 0 spiro atoms. The first-order chi connectivity index (χ1) is 22.9. The van der Waals surface area contributed by atoms with E-state index in [1.54, 1.807) is 0 Å². The number of hydrogen-bond donors (Lipinski definition) is 0. The highest BCUT2D eigenvalue weighted by Crippen LogP contribution is 2.45. The number of nitrogens with zero attached hydrogens (tertiary/aromatic N) is 2. The number of fused-ring (bicyclic) bond motifs is 7. The molecule has 2 heterocycles. The van der Waals surface area contributed by atoms with Gasteiger partial charge < -0.3 is 9.47 Å². The van der Waals surface area contributed by atoms with Crippen LogP contribution in [0.1, 0.15) is 20.8 Å². The molecule has 0 amide bonds. The first-order valence-electron chi connectivity index (χ1n) is 16.3. The fraction of sp³-hybridized carbons (Fsp3) is 0.0909. The molecule has 9 rings (SSSR count). The van der Waals surface area contributed by atoms with Crippen LogP contribution in [-0.2, 0) is 5.54 Å². The Labute approximate surface area is 278 Å². The van der Waals surface area contributed by atoms with Crippen molar-refractivity contribution in [3.8, 4) is 11.1 Å². The van der Waals surface area contributed by atoms with Crippen LogP contribution in [0, 0.1) is 0 Å². The van der Waals surface area contributed by atoms with Crippen molar-refractivity contribution in [2.75, 3.05) is 4.90 Å². The van der Waals surface area contributed by atoms with Gasteiger partial charge in [-0.1, -0.05) is 103 Å². The van der Waals surface area contributed by atoms with Crippen LogP contribution in [0.15, 0.2) is 152 Å². The summed E-state index contributed by atoms with van der Waals surface area (Å²) in [5, 5.41) is 7.68. The highest BCUT2D eigenvalue weighted by Gasteiger charge is 2.23. The Hall–Kier alpha value is -5.38. The Morgan fingerprint density at radius 2 is 1.09 bits per heavy atom. The third-order valence-electron chi connectivity index (χ3n) is 9.40. The van der Waals surface area contributed by atoms with Crippen molar-refractivity contribution >= 4 is 81.1 Å². The average Bonchev–Trinajstić information content (AvgIpc) is 3.63. The van der Waals surface area contributed by atoms with Gasteiger partial charge in [-0.2, -0.15) is 0 Å². The molecule has 0 bridgehead atoms. The lowest BCUT2D eigenvalue weighted by Crippen LogP contribution is -2.21. The molecule has 7 aromatic carbocycles. The highest BCUT2D eigenvalue weighted by atomic mass is 32.1. The normalized spacial score (nSPS) is 12.1. The maximum Gasteiger partial charge on any atom is 0.0517 e. The third-order valence-corrected chi connectivity index (χ3v) is 10.5. The minimum atomic E-state index is -0.0930. The molecule has 226 valence electrons. The van der Waals surface area contributed by atoms with Gasteiger partial charge in [0, 0.05) is 59.1 Å². The van der Waals surface area contributed by atoms with E-state index >= 15 is 0 Å². The largest absolute Gasteiger partial charge is 0.335 e. The fourth-order valence-corrected chi connectivity index (χ4v) is 8.54. The van der Waals surface area contributed by atoms with E-state index in [1.807, 2.05) is 11.3 Å². The van der Waals surface area contributed by atoms with E-state index in [2.05, 4.69) is 182 Å². The maximum absolute atomic E-state index is 2.50. The number of para-hydroxylation sites is 1. The Morgan fingerprint density at radius 1 is 0.468 bits per heavy atom. The second-order valence-electron chi connectivity index (χ2n) is 13.4. The van der Waals surface area contributed by atoms with Gasteiger partial charge in [0.15, 0.2) is 0 Å². The van der Waals surface area contributed by atoms with E-state index in [9.17, 15) is 0 Å². The second-order valence-corrected chi connectivity index (χ2v) is 14.5. The van der Waals surface area contributed by atoms with Crippen molar-refractivity contribution in [3.05, 3.63) is 152 Å². The predicted octanol–water partition coefficient (Wildman–Crippen LogP) is 13.2. The minimum Gasteiger partial charge on any atom is -0.335 e. The predicted molar refractivity (Wildman–Crippen MR) is 205 cm³/mol. The smallest absolute Gasteiger partial charge is 0.0517 e. The molecule has 0 unspecified atom stereocenters. The third kappa shape index (κ3) is 4.53. The quantitative estimate of drug-likeness (QED) is 0.190. The molecule has 2 aromatic heterocycles. The van der Waals surface area contributed by atoms with Gasteiger partial charge in [-0.05, 0) is 91.2 Å². The van der Waals surface area contributed by atoms with Crippen LogP contribution >= 0.6 is 11.3 Å². The van der Waals surface area contributed by atoms with Gasteiger partial charge in [0.1, 0.15) is 0 Å². The van der Waals surface area contributed by atoms with Gasteiger partial charge in [-0.3, -0.25) is 0 Å². The summed E-state index contributed by atoms with van der Waals surface area (Å²) in [7, 11) is 0. The standard InChI is InChI=1S/C44H34N2S/c1-44(2,3)46-40-19-11-9-17-35(40)36-23-21-31(27-41(36)46)45(32-22-24-38-37-18-10-12-20-42(37)47-43(38)28-32)33-25-30-15-7-8-16-34(30)39(26-33)29-13-5-4-6-14-29/h4-28H,1-3H3. The van der Waals surface area contributed by atoms with E-state index in [-0.39, 0.29) is 5.54 Å². The molecule has 0 N–H and O–H groups in total. The fourth-order valence-electron chi connectivity index (χ4n) is 7.40. The van der Waals surface area contributed by atoms with Crippen LogP contribution in [-0.4, -0.2) is 4.57 Å². The van der Waals surface area contributed by atoms with Crippen LogP contribution in [0.4, 0.5) is 17.1 Å². The summed E-state index contributed by atoms with van der Waals surface area (Å²) >= 11 is 1.87. The summed E-state index contributed by atoms with van der Waals surface area (Å²) in [6.45, 7) is 6.90. The molecule has 47 heavy (non-hydrogen) atoms. The van der Waals surface area contributed by atoms with Crippen LogP contribution < -0.4 is 4.90 Å². The van der Waals surface area contributed by atoms with Crippen molar-refractivity contribution in [1.29, 1.82) is 0 Å². The summed E-state index contributed by atoms with van der Waals surface area (Å²) < 4.78 is 5.12. The Bertz CT molecular complexity index is 2620. The van der Waals surface area contributed by atoms with Crippen LogP contribution in [0.2, 0.25) is 0 Å². The molecule has 0 aliphatic carbocycles. The lowest BCUT2D eigenvalue weighted by molar-refractivity contribution is 0.423. The summed E-state index contributed by atoms with van der Waals surface area (Å²) in [5.74, 6) is 0. The molecule has 0 atom stereocenters. The highest BCUT2D eigenvalue weighted by molar-refractivity contribution is 7.25. The van der Waals surface area contributed by atoms with Gasteiger partial charge in [-0.25, -0.2) is 0 Å². The molecule has 0 saturated carbocycles. The summed E-state index contributed by atoms with van der Waals surface area (Å²) in [5.41, 5.74) is 8.29. The SMILES string of the molecule is CC(C)(C)n1c2ccccc2c2ccc(N(c3cc(-c4ccccc4)c4ccccc4c3)c3ccc4c(c3)sc3ccccc34)cc21. The number of rotatable bonds is 4. The molecule has 0 fully saturated rings. The summed E-state index contributed by atoms with van der Waals surface area (Å²) in [4.78, 5) is 2.45. The lowest BCUT2D eigenvalue weighted by atomic mass is 9.96. The van der Waals surface area contributed by atoms with Crippen molar-refractivity contribution in [3.63, 3.8) is 0 Å². The van der Waals surface area contributed by atoms with Crippen LogP contribution in [0.25, 0.3) is 63.9 Å². The van der Waals surface area contributed by atoms with Gasteiger partial charge in [-0.15, -0.1) is 11.3 Å². The van der Waals surface area contributed by atoms with E-state index in [4.69, 9.17) is 0 Å². The van der Waals surface area contributed by atoms with Crippen molar-refractivity contribution in [1.82, 2.24) is 4.57 Å². The molecule has 3 heteroatoms. The molecule has 9 aromatic rings. The zero-order chi connectivity index (χ0) is 31.7. The Balaban J connectivity index is 1.35.